The predicted molar refractivity (Wildman–Crippen MR) is 144 cm³/mol. The molecule has 0 spiro atoms. The molecule has 1 unspecified atom stereocenters. The van der Waals surface area contributed by atoms with Gasteiger partial charge in [0.15, 0.2) is 8.32 Å². The zero-order valence-electron chi connectivity index (χ0n) is 23.5. The van der Waals surface area contributed by atoms with Gasteiger partial charge in [0, 0.05) is 6.10 Å². The van der Waals surface area contributed by atoms with Crippen LogP contribution in [0.25, 0.3) is 0 Å². The summed E-state index contributed by atoms with van der Waals surface area (Å²) >= 11 is 0. The minimum atomic E-state index is -3.41. The third kappa shape index (κ3) is 5.36. The van der Waals surface area contributed by atoms with Crippen molar-refractivity contribution in [2.75, 3.05) is 19.5 Å². The van der Waals surface area contributed by atoms with Crippen molar-refractivity contribution in [2.45, 2.75) is 116 Å². The number of allylic oxidation sites excluding steroid dienone is 1. The highest BCUT2D eigenvalue weighted by Gasteiger charge is 2.59. The van der Waals surface area contributed by atoms with Crippen molar-refractivity contribution in [3.63, 3.8) is 0 Å². The molecule has 0 amide bonds. The van der Waals surface area contributed by atoms with Crippen molar-refractivity contribution in [1.82, 2.24) is 0 Å². The van der Waals surface area contributed by atoms with Crippen LogP contribution in [0.15, 0.2) is 11.6 Å². The molecule has 35 heavy (non-hydrogen) atoms. The van der Waals surface area contributed by atoms with Gasteiger partial charge < -0.3 is 9.16 Å². The number of fused-ring (bicyclic) bond motifs is 5. The van der Waals surface area contributed by atoms with E-state index in [2.05, 4.69) is 53.8 Å². The summed E-state index contributed by atoms with van der Waals surface area (Å²) in [7, 11) is -5.16. The van der Waals surface area contributed by atoms with E-state index in [0.29, 0.717) is 24.0 Å². The Morgan fingerprint density at radius 2 is 1.74 bits per heavy atom. The fourth-order valence-corrected chi connectivity index (χ4v) is 9.68. The Kier molecular flexibility index (Phi) is 7.56. The van der Waals surface area contributed by atoms with Crippen LogP contribution >= 0.6 is 0 Å². The van der Waals surface area contributed by atoms with Crippen LogP contribution in [0.2, 0.25) is 18.1 Å². The third-order valence-electron chi connectivity index (χ3n) is 10.9. The van der Waals surface area contributed by atoms with Gasteiger partial charge in [0.2, 0.25) is 0 Å². The first-order valence-corrected chi connectivity index (χ1v) is 18.6. The molecule has 5 nitrogen and oxygen atoms in total. The van der Waals surface area contributed by atoms with Crippen molar-refractivity contribution in [1.29, 1.82) is 0 Å². The van der Waals surface area contributed by atoms with Gasteiger partial charge in [-0.1, -0.05) is 46.3 Å². The van der Waals surface area contributed by atoms with E-state index in [4.69, 9.17) is 13.3 Å². The van der Waals surface area contributed by atoms with Gasteiger partial charge >= 0.3 is 0 Å². The van der Waals surface area contributed by atoms with Gasteiger partial charge in [-0.15, -0.1) is 0 Å². The number of rotatable bonds is 7. The van der Waals surface area contributed by atoms with Crippen LogP contribution in [-0.4, -0.2) is 48.4 Å². The summed E-state index contributed by atoms with van der Waals surface area (Å²) in [6, 6.07) is 0. The molecular weight excluding hydrogens is 476 g/mol. The number of hydrogen-bond donors (Lipinski definition) is 0. The first-order chi connectivity index (χ1) is 16.1. The molecule has 0 bridgehead atoms. The van der Waals surface area contributed by atoms with Crippen molar-refractivity contribution >= 4 is 18.4 Å². The lowest BCUT2D eigenvalue weighted by Gasteiger charge is -2.58. The highest BCUT2D eigenvalue weighted by Crippen LogP contribution is 2.65. The molecule has 4 aliphatic carbocycles. The molecule has 4 rings (SSSR count). The second-order valence-electron chi connectivity index (χ2n) is 14.0. The molecule has 0 aromatic rings. The fourth-order valence-electron chi connectivity index (χ4n) is 7.92. The average molecular weight is 527 g/mol. The fraction of sp³-hybridized carbons (Fsp3) is 0.929. The van der Waals surface area contributed by atoms with Gasteiger partial charge in [0.25, 0.3) is 10.1 Å². The van der Waals surface area contributed by atoms with E-state index < -0.39 is 18.4 Å². The molecule has 7 atom stereocenters. The van der Waals surface area contributed by atoms with Crippen molar-refractivity contribution in [3.8, 4) is 0 Å². The van der Waals surface area contributed by atoms with Crippen LogP contribution in [0.3, 0.4) is 0 Å². The molecule has 3 saturated carbocycles. The van der Waals surface area contributed by atoms with Crippen LogP contribution in [0.5, 0.6) is 0 Å². The summed E-state index contributed by atoms with van der Waals surface area (Å²) in [5, 5.41) is 0.256. The van der Waals surface area contributed by atoms with Crippen LogP contribution < -0.4 is 0 Å². The highest BCUT2D eigenvalue weighted by molar-refractivity contribution is 7.85. The topological polar surface area (TPSA) is 61.8 Å². The Bertz CT molecular complexity index is 922. The Morgan fingerprint density at radius 3 is 2.40 bits per heavy atom. The SMILES string of the molecule is CC(C)(C)[Si](C)(C)OC1CC[C@@]2(C)C(=CC[C@H]3[C@@H]4CC[C@H](OCCOS(C)(=O)=O)[C@@]4(C)CC[C@@H]32)C1. The van der Waals surface area contributed by atoms with Crippen LogP contribution in [0.4, 0.5) is 0 Å². The lowest BCUT2D eigenvalue weighted by molar-refractivity contribution is -0.0956. The van der Waals surface area contributed by atoms with Gasteiger partial charge in [-0.2, -0.15) is 8.42 Å². The Morgan fingerprint density at radius 1 is 1.03 bits per heavy atom. The van der Waals surface area contributed by atoms with E-state index in [1.165, 1.54) is 38.5 Å². The lowest BCUT2D eigenvalue weighted by atomic mass is 9.48. The molecule has 0 aromatic carbocycles. The molecule has 0 aromatic heterocycles. The molecule has 0 N–H and O–H groups in total. The summed E-state index contributed by atoms with van der Waals surface area (Å²) in [5.74, 6) is 2.20. The number of hydrogen-bond acceptors (Lipinski definition) is 5. The van der Waals surface area contributed by atoms with E-state index in [1.54, 1.807) is 5.57 Å². The third-order valence-corrected chi connectivity index (χ3v) is 16.1. The molecule has 202 valence electrons. The minimum absolute atomic E-state index is 0.115. The van der Waals surface area contributed by atoms with Gasteiger partial charge in [-0.25, -0.2) is 0 Å². The molecular formula is C28H50O5SSi. The highest BCUT2D eigenvalue weighted by atomic mass is 32.2. The van der Waals surface area contributed by atoms with Crippen LogP contribution in [-0.2, 0) is 23.5 Å². The van der Waals surface area contributed by atoms with E-state index in [9.17, 15) is 8.42 Å². The standard InChI is InChI=1S/C28H50O5SSi/c1-26(2,3)35(7,8)33-21-13-15-27(4)20(19-21)9-10-22-23-11-12-25(28(23,5)16-14-24(22)27)31-17-18-32-34(6,29)30/h9,21-25H,10-19H2,1-8H3/t21?,22-,23-,24-,25-,27-,28-/m0/s1. The van der Waals surface area contributed by atoms with Gasteiger partial charge in [-0.05, 0) is 98.1 Å². The lowest BCUT2D eigenvalue weighted by Crippen LogP contribution is -2.52. The maximum Gasteiger partial charge on any atom is 0.264 e. The van der Waals surface area contributed by atoms with Crippen LogP contribution in [0, 0.1) is 28.6 Å². The van der Waals surface area contributed by atoms with Gasteiger partial charge in [-0.3, -0.25) is 4.18 Å². The second kappa shape index (κ2) is 9.51. The minimum Gasteiger partial charge on any atom is -0.414 e. The monoisotopic (exact) mass is 526 g/mol. The normalized spacial score (nSPS) is 40.0. The zero-order valence-corrected chi connectivity index (χ0v) is 25.3. The maximum absolute atomic E-state index is 11.3. The molecule has 0 radical (unpaired) electrons. The summed E-state index contributed by atoms with van der Waals surface area (Å²) in [6.45, 7) is 17.3. The second-order valence-corrected chi connectivity index (χ2v) is 20.4. The Labute approximate surface area is 216 Å². The molecule has 4 aliphatic rings. The Hall–Kier alpha value is -0.213. The van der Waals surface area contributed by atoms with Crippen molar-refractivity contribution < 1.29 is 21.8 Å². The molecule has 0 saturated heterocycles. The molecule has 3 fully saturated rings. The first kappa shape index (κ1) is 27.8. The molecule has 0 heterocycles. The summed E-state index contributed by atoms with van der Waals surface area (Å²) < 4.78 is 40.6. The van der Waals surface area contributed by atoms with E-state index in [-0.39, 0.29) is 23.2 Å². The zero-order chi connectivity index (χ0) is 25.9. The average Bonchev–Trinajstić information content (AvgIpc) is 3.06. The van der Waals surface area contributed by atoms with E-state index in [0.717, 1.165) is 30.9 Å². The molecule has 7 heteroatoms. The van der Waals surface area contributed by atoms with Crippen LogP contribution in [0.1, 0.15) is 86.0 Å². The van der Waals surface area contributed by atoms with E-state index in [1.807, 2.05) is 0 Å². The first-order valence-electron chi connectivity index (χ1n) is 13.9. The molecule has 0 aliphatic heterocycles. The quantitative estimate of drug-likeness (QED) is 0.160. The van der Waals surface area contributed by atoms with E-state index >= 15 is 0 Å². The maximum atomic E-state index is 11.3. The summed E-state index contributed by atoms with van der Waals surface area (Å²) in [4.78, 5) is 0. The smallest absolute Gasteiger partial charge is 0.264 e. The summed E-state index contributed by atoms with van der Waals surface area (Å²) in [6.07, 6.45) is 13.9. The van der Waals surface area contributed by atoms with Crippen molar-refractivity contribution in [3.05, 3.63) is 11.6 Å². The van der Waals surface area contributed by atoms with Crippen molar-refractivity contribution in [2.24, 2.45) is 28.6 Å². The number of ether oxygens (including phenoxy) is 1. The predicted octanol–water partition coefficient (Wildman–Crippen LogP) is 6.70. The van der Waals surface area contributed by atoms with Gasteiger partial charge in [0.05, 0.1) is 25.6 Å². The van der Waals surface area contributed by atoms with Gasteiger partial charge in [0.1, 0.15) is 0 Å². The largest absolute Gasteiger partial charge is 0.414 e. The Balaban J connectivity index is 1.42. The summed E-state index contributed by atoms with van der Waals surface area (Å²) in [5.41, 5.74) is 2.19.